The summed E-state index contributed by atoms with van der Waals surface area (Å²) < 4.78 is 0. The minimum atomic E-state index is 0.619. The van der Waals surface area contributed by atoms with Crippen LogP contribution in [-0.4, -0.2) is 18.6 Å². The highest BCUT2D eigenvalue weighted by Gasteiger charge is 2.29. The lowest BCUT2D eigenvalue weighted by Gasteiger charge is -2.44. The van der Waals surface area contributed by atoms with E-state index in [0.717, 1.165) is 12.6 Å². The Kier molecular flexibility index (Phi) is 2.96. The van der Waals surface area contributed by atoms with Crippen molar-refractivity contribution in [3.63, 3.8) is 0 Å². The number of rotatable bonds is 1. The molecule has 0 saturated heterocycles. The van der Waals surface area contributed by atoms with Gasteiger partial charge in [-0.2, -0.15) is 0 Å². The SMILES string of the molecule is CC1CNc2ccccc2N1C1CCCCC1. The summed E-state index contributed by atoms with van der Waals surface area (Å²) in [6.45, 7) is 3.42. The number of hydrogen-bond acceptors (Lipinski definition) is 2. The molecule has 0 amide bonds. The van der Waals surface area contributed by atoms with Crippen LogP contribution in [0.3, 0.4) is 0 Å². The molecule has 0 radical (unpaired) electrons. The summed E-state index contributed by atoms with van der Waals surface area (Å²) in [7, 11) is 0. The number of anilines is 2. The second kappa shape index (κ2) is 4.59. The van der Waals surface area contributed by atoms with E-state index in [9.17, 15) is 0 Å². The van der Waals surface area contributed by atoms with Crippen molar-refractivity contribution in [2.24, 2.45) is 0 Å². The fraction of sp³-hybridized carbons (Fsp3) is 0.600. The Morgan fingerprint density at radius 3 is 2.71 bits per heavy atom. The Morgan fingerprint density at radius 2 is 1.88 bits per heavy atom. The van der Waals surface area contributed by atoms with Crippen molar-refractivity contribution >= 4 is 11.4 Å². The molecular formula is C15H22N2. The van der Waals surface area contributed by atoms with Gasteiger partial charge in [0.2, 0.25) is 0 Å². The lowest BCUT2D eigenvalue weighted by Crippen LogP contribution is -2.48. The fourth-order valence-electron chi connectivity index (χ4n) is 3.36. The van der Waals surface area contributed by atoms with E-state index in [2.05, 4.69) is 41.4 Å². The number of para-hydroxylation sites is 2. The molecule has 17 heavy (non-hydrogen) atoms. The van der Waals surface area contributed by atoms with Gasteiger partial charge in [0.15, 0.2) is 0 Å². The van der Waals surface area contributed by atoms with Gasteiger partial charge in [-0.3, -0.25) is 0 Å². The minimum absolute atomic E-state index is 0.619. The van der Waals surface area contributed by atoms with Crippen molar-refractivity contribution < 1.29 is 0 Å². The van der Waals surface area contributed by atoms with Gasteiger partial charge >= 0.3 is 0 Å². The van der Waals surface area contributed by atoms with E-state index in [1.807, 2.05) is 0 Å². The predicted molar refractivity (Wildman–Crippen MR) is 73.7 cm³/mol. The molecule has 1 fully saturated rings. The highest BCUT2D eigenvalue weighted by atomic mass is 15.2. The largest absolute Gasteiger partial charge is 0.381 e. The number of fused-ring (bicyclic) bond motifs is 1. The third-order valence-corrected chi connectivity index (χ3v) is 4.21. The molecule has 2 nitrogen and oxygen atoms in total. The molecule has 1 aliphatic heterocycles. The van der Waals surface area contributed by atoms with Crippen molar-refractivity contribution in [1.82, 2.24) is 0 Å². The summed E-state index contributed by atoms with van der Waals surface area (Å²) in [5, 5.41) is 3.54. The smallest absolute Gasteiger partial charge is 0.0607 e. The van der Waals surface area contributed by atoms with E-state index in [-0.39, 0.29) is 0 Å². The third-order valence-electron chi connectivity index (χ3n) is 4.21. The highest BCUT2D eigenvalue weighted by Crippen LogP contribution is 2.36. The molecule has 1 aromatic carbocycles. The molecule has 3 rings (SSSR count). The number of nitrogens with one attached hydrogen (secondary N) is 1. The van der Waals surface area contributed by atoms with Gasteiger partial charge in [-0.25, -0.2) is 0 Å². The van der Waals surface area contributed by atoms with Gasteiger partial charge in [0, 0.05) is 18.6 Å². The summed E-state index contributed by atoms with van der Waals surface area (Å²) >= 11 is 0. The van der Waals surface area contributed by atoms with Crippen LogP contribution in [0.4, 0.5) is 11.4 Å². The second-order valence-electron chi connectivity index (χ2n) is 5.45. The monoisotopic (exact) mass is 230 g/mol. The topological polar surface area (TPSA) is 15.3 Å². The van der Waals surface area contributed by atoms with E-state index in [1.165, 1.54) is 43.5 Å². The number of nitrogens with zero attached hydrogens (tertiary/aromatic N) is 1. The zero-order chi connectivity index (χ0) is 11.7. The van der Waals surface area contributed by atoms with Crippen LogP contribution in [0.2, 0.25) is 0 Å². The summed E-state index contributed by atoms with van der Waals surface area (Å²) in [4.78, 5) is 2.67. The van der Waals surface area contributed by atoms with Gasteiger partial charge in [0.1, 0.15) is 0 Å². The van der Waals surface area contributed by atoms with Gasteiger partial charge in [0.25, 0.3) is 0 Å². The van der Waals surface area contributed by atoms with Crippen LogP contribution >= 0.6 is 0 Å². The molecule has 1 unspecified atom stereocenters. The molecule has 2 aliphatic rings. The average Bonchev–Trinajstić information content (AvgIpc) is 2.39. The molecule has 1 aliphatic carbocycles. The molecular weight excluding hydrogens is 208 g/mol. The van der Waals surface area contributed by atoms with E-state index < -0.39 is 0 Å². The summed E-state index contributed by atoms with van der Waals surface area (Å²) in [6.07, 6.45) is 6.99. The lowest BCUT2D eigenvalue weighted by atomic mass is 9.92. The Balaban J connectivity index is 1.91. The first-order chi connectivity index (χ1) is 8.36. The third kappa shape index (κ3) is 2.01. The number of benzene rings is 1. The van der Waals surface area contributed by atoms with Crippen LogP contribution in [0, 0.1) is 0 Å². The zero-order valence-corrected chi connectivity index (χ0v) is 10.7. The molecule has 1 heterocycles. The van der Waals surface area contributed by atoms with E-state index in [4.69, 9.17) is 0 Å². The van der Waals surface area contributed by atoms with Crippen molar-refractivity contribution in [3.05, 3.63) is 24.3 Å². The molecule has 92 valence electrons. The summed E-state index contributed by atoms with van der Waals surface area (Å²) in [5.41, 5.74) is 2.73. The first-order valence-corrected chi connectivity index (χ1v) is 6.97. The molecule has 1 N–H and O–H groups in total. The Labute approximate surface area is 104 Å². The molecule has 2 heteroatoms. The van der Waals surface area contributed by atoms with Crippen molar-refractivity contribution in [2.75, 3.05) is 16.8 Å². The van der Waals surface area contributed by atoms with Crippen LogP contribution in [0.25, 0.3) is 0 Å². The molecule has 0 aromatic heterocycles. The Bertz CT molecular complexity index is 382. The zero-order valence-electron chi connectivity index (χ0n) is 10.7. The summed E-state index contributed by atoms with van der Waals surface area (Å²) in [5.74, 6) is 0. The van der Waals surface area contributed by atoms with Crippen LogP contribution in [0.5, 0.6) is 0 Å². The quantitative estimate of drug-likeness (QED) is 0.792. The Hall–Kier alpha value is -1.18. The van der Waals surface area contributed by atoms with Gasteiger partial charge in [-0.05, 0) is 31.9 Å². The highest BCUT2D eigenvalue weighted by molar-refractivity contribution is 5.73. The van der Waals surface area contributed by atoms with Gasteiger partial charge < -0.3 is 10.2 Å². The van der Waals surface area contributed by atoms with Crippen molar-refractivity contribution in [1.29, 1.82) is 0 Å². The van der Waals surface area contributed by atoms with Crippen LogP contribution in [0.15, 0.2) is 24.3 Å². The Morgan fingerprint density at radius 1 is 1.12 bits per heavy atom. The van der Waals surface area contributed by atoms with Crippen LogP contribution in [0.1, 0.15) is 39.0 Å². The fourth-order valence-corrected chi connectivity index (χ4v) is 3.36. The normalized spacial score (nSPS) is 25.2. The van der Waals surface area contributed by atoms with Gasteiger partial charge in [-0.1, -0.05) is 31.4 Å². The van der Waals surface area contributed by atoms with Gasteiger partial charge in [0.05, 0.1) is 11.4 Å². The van der Waals surface area contributed by atoms with E-state index in [1.54, 1.807) is 0 Å². The van der Waals surface area contributed by atoms with Crippen molar-refractivity contribution in [2.45, 2.75) is 51.1 Å². The average molecular weight is 230 g/mol. The molecule has 0 spiro atoms. The van der Waals surface area contributed by atoms with Crippen LogP contribution in [-0.2, 0) is 0 Å². The predicted octanol–water partition coefficient (Wildman–Crippen LogP) is 3.64. The maximum Gasteiger partial charge on any atom is 0.0607 e. The molecule has 1 aromatic rings. The minimum Gasteiger partial charge on any atom is -0.381 e. The molecule has 0 bridgehead atoms. The van der Waals surface area contributed by atoms with E-state index in [0.29, 0.717) is 6.04 Å². The van der Waals surface area contributed by atoms with Crippen LogP contribution < -0.4 is 10.2 Å². The summed E-state index contributed by atoms with van der Waals surface area (Å²) in [6, 6.07) is 10.1. The second-order valence-corrected chi connectivity index (χ2v) is 5.45. The van der Waals surface area contributed by atoms with E-state index >= 15 is 0 Å². The maximum atomic E-state index is 3.54. The molecule has 1 saturated carbocycles. The first-order valence-electron chi connectivity index (χ1n) is 6.97. The standard InChI is InChI=1S/C15H22N2/c1-12-11-16-14-9-5-6-10-15(14)17(12)13-7-3-2-4-8-13/h5-6,9-10,12-13,16H,2-4,7-8,11H2,1H3. The first kappa shape index (κ1) is 10.9. The lowest BCUT2D eigenvalue weighted by molar-refractivity contribution is 0.393. The van der Waals surface area contributed by atoms with Crippen molar-refractivity contribution in [3.8, 4) is 0 Å². The molecule has 1 atom stereocenters. The maximum absolute atomic E-state index is 3.54. The number of hydrogen-bond donors (Lipinski definition) is 1. The van der Waals surface area contributed by atoms with Gasteiger partial charge in [-0.15, -0.1) is 0 Å².